The standard InChI is InChI=1S/C17H17F2NO4S/c1-3-12-13(18)9-14(16(21)15(12)19)20-17(22)10(2)25(23)24-11-7-5-4-6-8-11/h4-10,21H,3H2,1-2H3,(H,20,22). The molecule has 134 valence electrons. The molecule has 2 unspecified atom stereocenters. The summed E-state index contributed by atoms with van der Waals surface area (Å²) in [6.07, 6.45) is 0.0464. The second kappa shape index (κ2) is 8.06. The lowest BCUT2D eigenvalue weighted by Gasteiger charge is -2.14. The Kier molecular flexibility index (Phi) is 6.08. The summed E-state index contributed by atoms with van der Waals surface area (Å²) >= 11 is -2.02. The summed E-state index contributed by atoms with van der Waals surface area (Å²) in [7, 11) is 0. The lowest BCUT2D eigenvalue weighted by atomic mass is 10.1. The molecule has 2 N–H and O–H groups in total. The maximum atomic E-state index is 13.9. The Labute approximate surface area is 146 Å². The molecule has 2 rings (SSSR count). The van der Waals surface area contributed by atoms with E-state index < -0.39 is 45.3 Å². The zero-order chi connectivity index (χ0) is 18.6. The number of anilines is 1. The van der Waals surface area contributed by atoms with Crippen molar-refractivity contribution >= 4 is 22.7 Å². The number of halogens is 2. The van der Waals surface area contributed by atoms with Crippen LogP contribution in [-0.4, -0.2) is 20.5 Å². The summed E-state index contributed by atoms with van der Waals surface area (Å²) in [5.41, 5.74) is -0.708. The van der Waals surface area contributed by atoms with Gasteiger partial charge in [0.2, 0.25) is 17.0 Å². The van der Waals surface area contributed by atoms with Crippen molar-refractivity contribution in [3.05, 3.63) is 53.6 Å². The second-order valence-electron chi connectivity index (χ2n) is 5.19. The largest absolute Gasteiger partial charge is 0.503 e. The van der Waals surface area contributed by atoms with Crippen LogP contribution in [0.5, 0.6) is 11.5 Å². The first kappa shape index (κ1) is 18.9. The average molecular weight is 369 g/mol. The number of amides is 1. The van der Waals surface area contributed by atoms with E-state index in [1.807, 2.05) is 0 Å². The van der Waals surface area contributed by atoms with Crippen LogP contribution < -0.4 is 9.50 Å². The van der Waals surface area contributed by atoms with Gasteiger partial charge in [0.15, 0.2) is 11.6 Å². The van der Waals surface area contributed by atoms with Gasteiger partial charge in [0.1, 0.15) is 16.8 Å². The van der Waals surface area contributed by atoms with E-state index in [0.717, 1.165) is 6.07 Å². The monoisotopic (exact) mass is 369 g/mol. The van der Waals surface area contributed by atoms with Crippen molar-refractivity contribution in [1.82, 2.24) is 0 Å². The lowest BCUT2D eigenvalue weighted by molar-refractivity contribution is -0.115. The second-order valence-corrected chi connectivity index (χ2v) is 6.58. The number of para-hydroxylation sites is 1. The number of hydrogen-bond acceptors (Lipinski definition) is 4. The first-order valence-corrected chi connectivity index (χ1v) is 8.63. The maximum Gasteiger partial charge on any atom is 0.243 e. The molecule has 0 saturated carbocycles. The van der Waals surface area contributed by atoms with E-state index in [0.29, 0.717) is 5.75 Å². The third-order valence-electron chi connectivity index (χ3n) is 3.48. The van der Waals surface area contributed by atoms with Crippen LogP contribution in [-0.2, 0) is 22.3 Å². The van der Waals surface area contributed by atoms with Crippen molar-refractivity contribution in [2.24, 2.45) is 0 Å². The molecule has 0 aliphatic heterocycles. The van der Waals surface area contributed by atoms with E-state index in [-0.39, 0.29) is 12.0 Å². The molecule has 25 heavy (non-hydrogen) atoms. The Morgan fingerprint density at radius 3 is 2.56 bits per heavy atom. The van der Waals surface area contributed by atoms with E-state index in [2.05, 4.69) is 5.32 Å². The van der Waals surface area contributed by atoms with Gasteiger partial charge in [-0.05, 0) is 25.5 Å². The summed E-state index contributed by atoms with van der Waals surface area (Å²) in [6.45, 7) is 2.86. The fraction of sp³-hybridized carbons (Fsp3) is 0.235. The number of phenols is 1. The van der Waals surface area contributed by atoms with Crippen LogP contribution in [0.25, 0.3) is 0 Å². The molecule has 8 heteroatoms. The van der Waals surface area contributed by atoms with Crippen LogP contribution in [0.2, 0.25) is 0 Å². The molecular weight excluding hydrogens is 352 g/mol. The number of hydrogen-bond donors (Lipinski definition) is 2. The first-order chi connectivity index (χ1) is 11.8. The number of rotatable bonds is 6. The van der Waals surface area contributed by atoms with Gasteiger partial charge in [-0.3, -0.25) is 4.79 Å². The Morgan fingerprint density at radius 1 is 1.32 bits per heavy atom. The summed E-state index contributed by atoms with van der Waals surface area (Å²) in [4.78, 5) is 12.1. The zero-order valence-electron chi connectivity index (χ0n) is 13.6. The molecule has 0 spiro atoms. The molecule has 5 nitrogen and oxygen atoms in total. The molecular formula is C17H17F2NO4S. The third-order valence-corrected chi connectivity index (χ3v) is 4.63. The molecule has 2 aromatic rings. The average Bonchev–Trinajstić information content (AvgIpc) is 2.60. The van der Waals surface area contributed by atoms with Gasteiger partial charge in [-0.15, -0.1) is 0 Å². The van der Waals surface area contributed by atoms with Crippen molar-refractivity contribution in [2.45, 2.75) is 25.5 Å². The molecule has 0 radical (unpaired) electrons. The maximum absolute atomic E-state index is 13.9. The van der Waals surface area contributed by atoms with Gasteiger partial charge in [0, 0.05) is 11.6 Å². The topological polar surface area (TPSA) is 75.6 Å². The minimum Gasteiger partial charge on any atom is -0.503 e. The predicted octanol–water partition coefficient (Wildman–Crippen LogP) is 3.30. The molecule has 1 amide bonds. The molecule has 2 aromatic carbocycles. The van der Waals surface area contributed by atoms with E-state index in [4.69, 9.17) is 4.18 Å². The van der Waals surface area contributed by atoms with Gasteiger partial charge in [-0.25, -0.2) is 13.0 Å². The van der Waals surface area contributed by atoms with Gasteiger partial charge in [-0.1, -0.05) is 25.1 Å². The van der Waals surface area contributed by atoms with Crippen molar-refractivity contribution in [2.75, 3.05) is 5.32 Å². The van der Waals surface area contributed by atoms with E-state index in [1.54, 1.807) is 30.3 Å². The molecule has 0 aliphatic rings. The van der Waals surface area contributed by atoms with E-state index in [9.17, 15) is 22.9 Å². The minimum atomic E-state index is -2.02. The number of carbonyl (C=O) groups is 1. The lowest BCUT2D eigenvalue weighted by Crippen LogP contribution is -2.31. The van der Waals surface area contributed by atoms with E-state index >= 15 is 0 Å². The van der Waals surface area contributed by atoms with Gasteiger partial charge >= 0.3 is 0 Å². The highest BCUT2D eigenvalue weighted by Crippen LogP contribution is 2.31. The smallest absolute Gasteiger partial charge is 0.243 e. The van der Waals surface area contributed by atoms with Crippen molar-refractivity contribution in [3.63, 3.8) is 0 Å². The molecule has 0 aromatic heterocycles. The molecule has 0 heterocycles. The fourth-order valence-corrected chi connectivity index (χ4v) is 2.71. The van der Waals surface area contributed by atoms with Crippen LogP contribution in [0.1, 0.15) is 19.4 Å². The Bertz CT molecular complexity index is 799. The summed E-state index contributed by atoms with van der Waals surface area (Å²) in [6, 6.07) is 9.07. The SMILES string of the molecule is CCc1c(F)cc(NC(=O)C(C)S(=O)Oc2ccccc2)c(O)c1F. The molecule has 0 fully saturated rings. The number of nitrogens with one attached hydrogen (secondary N) is 1. The normalized spacial score (nSPS) is 13.1. The third kappa shape index (κ3) is 4.33. The minimum absolute atomic E-state index is 0.0464. The summed E-state index contributed by atoms with van der Waals surface area (Å²) in [5.74, 6) is -3.39. The van der Waals surface area contributed by atoms with Crippen LogP contribution in [0, 0.1) is 11.6 Å². The zero-order valence-corrected chi connectivity index (χ0v) is 14.4. The van der Waals surface area contributed by atoms with Crippen molar-refractivity contribution < 1.29 is 27.1 Å². The highest BCUT2D eigenvalue weighted by atomic mass is 32.2. The Balaban J connectivity index is 2.12. The first-order valence-electron chi connectivity index (χ1n) is 7.49. The van der Waals surface area contributed by atoms with Gasteiger partial charge in [0.25, 0.3) is 0 Å². The van der Waals surface area contributed by atoms with E-state index in [1.165, 1.54) is 13.8 Å². The van der Waals surface area contributed by atoms with Crippen LogP contribution in [0.3, 0.4) is 0 Å². The quantitative estimate of drug-likeness (QED) is 0.766. The Hall–Kier alpha value is -2.48. The number of carbonyl (C=O) groups excluding carboxylic acids is 1. The van der Waals surface area contributed by atoms with Crippen molar-refractivity contribution in [3.8, 4) is 11.5 Å². The number of benzene rings is 2. The van der Waals surface area contributed by atoms with Crippen LogP contribution >= 0.6 is 0 Å². The molecule has 0 aliphatic carbocycles. The van der Waals surface area contributed by atoms with Gasteiger partial charge in [0.05, 0.1) is 5.69 Å². The molecule has 0 saturated heterocycles. The van der Waals surface area contributed by atoms with Gasteiger partial charge in [-0.2, -0.15) is 0 Å². The van der Waals surface area contributed by atoms with Crippen molar-refractivity contribution in [1.29, 1.82) is 0 Å². The molecule has 0 bridgehead atoms. The summed E-state index contributed by atoms with van der Waals surface area (Å²) < 4.78 is 44.9. The predicted molar refractivity (Wildman–Crippen MR) is 90.7 cm³/mol. The number of aromatic hydroxyl groups is 1. The van der Waals surface area contributed by atoms with Crippen LogP contribution in [0.15, 0.2) is 36.4 Å². The highest BCUT2D eigenvalue weighted by molar-refractivity contribution is 7.82. The van der Waals surface area contributed by atoms with Gasteiger partial charge < -0.3 is 14.6 Å². The molecule has 2 atom stereocenters. The highest BCUT2D eigenvalue weighted by Gasteiger charge is 2.25. The Morgan fingerprint density at radius 2 is 1.96 bits per heavy atom. The number of phenolic OH excluding ortho intramolecular Hbond substituents is 1. The summed E-state index contributed by atoms with van der Waals surface area (Å²) in [5, 5.41) is 10.8. The van der Waals surface area contributed by atoms with Crippen LogP contribution in [0.4, 0.5) is 14.5 Å². The fourth-order valence-electron chi connectivity index (χ4n) is 2.03.